The summed E-state index contributed by atoms with van der Waals surface area (Å²) in [5.74, 6) is 3.22. The van der Waals surface area contributed by atoms with Crippen LogP contribution in [0.4, 0.5) is 5.82 Å². The third kappa shape index (κ3) is 4.98. The number of aromatic nitrogens is 3. The number of piperidine rings is 1. The molecule has 2 aromatic heterocycles. The molecule has 1 saturated heterocycles. The molecule has 3 heterocycles. The second kappa shape index (κ2) is 10.2. The van der Waals surface area contributed by atoms with Gasteiger partial charge in [-0.05, 0) is 43.4 Å². The van der Waals surface area contributed by atoms with Gasteiger partial charge in [0.25, 0.3) is 0 Å². The van der Waals surface area contributed by atoms with Crippen LogP contribution in [0.3, 0.4) is 0 Å². The van der Waals surface area contributed by atoms with Crippen molar-refractivity contribution in [2.75, 3.05) is 38.8 Å². The summed E-state index contributed by atoms with van der Waals surface area (Å²) in [4.78, 5) is 16.1. The minimum absolute atomic E-state index is 0.473. The molecule has 0 bridgehead atoms. The molecule has 1 atom stereocenters. The largest absolute Gasteiger partial charge is 0.760 e. The van der Waals surface area contributed by atoms with E-state index in [1.54, 1.807) is 26.6 Å². The number of anilines is 1. The van der Waals surface area contributed by atoms with Crippen LogP contribution in [0.15, 0.2) is 36.7 Å². The molecule has 1 fully saturated rings. The van der Waals surface area contributed by atoms with Gasteiger partial charge in [0.2, 0.25) is 0 Å². The molecule has 1 N–H and O–H groups in total. The highest BCUT2D eigenvalue weighted by molar-refractivity contribution is 7.77. The standard InChI is InChI=1S/C22H27N5O4S/c1-30-19-13-17-18(14-20(19)31-2)25-21(16-4-8-23-9-5-16)26-22(17)27-11-6-15(7-12-27)3-10-24-32(28)29/h4-5,8-9,13-15,24H,3,6-7,10-12H2,1-2H3,(H,28,29)/p-1. The summed E-state index contributed by atoms with van der Waals surface area (Å²) < 4.78 is 34.8. The number of fused-ring (bicyclic) bond motifs is 1. The first-order valence-electron chi connectivity index (χ1n) is 10.5. The molecule has 0 aliphatic carbocycles. The van der Waals surface area contributed by atoms with Crippen LogP contribution in [0.2, 0.25) is 0 Å². The highest BCUT2D eigenvalue weighted by atomic mass is 32.2. The summed E-state index contributed by atoms with van der Waals surface area (Å²) in [7, 11) is 3.22. The van der Waals surface area contributed by atoms with Gasteiger partial charge in [0, 0.05) is 60.3 Å². The van der Waals surface area contributed by atoms with Gasteiger partial charge in [0.15, 0.2) is 17.3 Å². The van der Waals surface area contributed by atoms with E-state index in [1.165, 1.54) is 0 Å². The van der Waals surface area contributed by atoms with Gasteiger partial charge in [-0.3, -0.25) is 9.19 Å². The Hall–Kier alpha value is -2.82. The number of hydrogen-bond donors (Lipinski definition) is 1. The summed E-state index contributed by atoms with van der Waals surface area (Å²) in [5.41, 5.74) is 1.67. The molecule has 3 aromatic rings. The fourth-order valence-electron chi connectivity index (χ4n) is 4.09. The number of benzene rings is 1. The first-order valence-corrected chi connectivity index (χ1v) is 11.6. The normalized spacial score (nSPS) is 15.7. The van der Waals surface area contributed by atoms with Crippen molar-refractivity contribution >= 4 is 28.0 Å². The van der Waals surface area contributed by atoms with E-state index < -0.39 is 11.3 Å². The molecule has 1 aliphatic heterocycles. The van der Waals surface area contributed by atoms with Gasteiger partial charge >= 0.3 is 0 Å². The summed E-state index contributed by atoms with van der Waals surface area (Å²) in [6.45, 7) is 2.14. The smallest absolute Gasteiger partial charge is 0.162 e. The predicted octanol–water partition coefficient (Wildman–Crippen LogP) is 2.70. The second-order valence-corrected chi connectivity index (χ2v) is 8.44. The number of nitrogens with zero attached hydrogens (tertiary/aromatic N) is 4. The fraction of sp³-hybridized carbons (Fsp3) is 0.409. The lowest BCUT2D eigenvalue weighted by Gasteiger charge is -2.33. The minimum atomic E-state index is -2.20. The topological polar surface area (TPSA) is 113 Å². The van der Waals surface area contributed by atoms with E-state index in [4.69, 9.17) is 19.4 Å². The molecule has 1 aromatic carbocycles. The van der Waals surface area contributed by atoms with Crippen LogP contribution in [0.1, 0.15) is 19.3 Å². The van der Waals surface area contributed by atoms with Crippen molar-refractivity contribution in [3.8, 4) is 22.9 Å². The minimum Gasteiger partial charge on any atom is -0.760 e. The number of hydrogen-bond acceptors (Lipinski definition) is 8. The Bertz CT molecular complexity index is 1090. The Morgan fingerprint density at radius 3 is 2.47 bits per heavy atom. The van der Waals surface area contributed by atoms with Crippen LogP contribution in [-0.2, 0) is 11.3 Å². The number of methoxy groups -OCH3 is 2. The van der Waals surface area contributed by atoms with Gasteiger partial charge in [-0.2, -0.15) is 0 Å². The van der Waals surface area contributed by atoms with Gasteiger partial charge < -0.3 is 18.9 Å². The molecular weight excluding hydrogens is 430 g/mol. The van der Waals surface area contributed by atoms with E-state index in [9.17, 15) is 8.76 Å². The van der Waals surface area contributed by atoms with E-state index in [2.05, 4.69) is 14.6 Å². The van der Waals surface area contributed by atoms with Crippen LogP contribution in [-0.4, -0.2) is 57.6 Å². The number of pyridine rings is 1. The molecular formula is C22H26N5O4S-. The lowest BCUT2D eigenvalue weighted by molar-refractivity contribution is 0.355. The van der Waals surface area contributed by atoms with Gasteiger partial charge in [-0.25, -0.2) is 14.7 Å². The van der Waals surface area contributed by atoms with Gasteiger partial charge in [-0.1, -0.05) is 0 Å². The molecule has 10 heteroatoms. The quantitative estimate of drug-likeness (QED) is 0.515. The average Bonchev–Trinajstić information content (AvgIpc) is 2.83. The summed E-state index contributed by atoms with van der Waals surface area (Å²) >= 11 is -2.20. The first kappa shape index (κ1) is 22.4. The van der Waals surface area contributed by atoms with Crippen molar-refractivity contribution in [1.82, 2.24) is 19.7 Å². The third-order valence-electron chi connectivity index (χ3n) is 5.81. The molecule has 0 spiro atoms. The van der Waals surface area contributed by atoms with E-state index in [-0.39, 0.29) is 0 Å². The van der Waals surface area contributed by atoms with Crippen molar-refractivity contribution in [1.29, 1.82) is 0 Å². The van der Waals surface area contributed by atoms with Gasteiger partial charge in [0.1, 0.15) is 5.82 Å². The zero-order valence-electron chi connectivity index (χ0n) is 18.1. The SMILES string of the molecule is COc1cc2nc(-c3ccncc3)nc(N3CCC(CCNS(=O)[O-])CC3)c2cc1OC. The van der Waals surface area contributed by atoms with Crippen molar-refractivity contribution in [3.05, 3.63) is 36.7 Å². The van der Waals surface area contributed by atoms with Crippen LogP contribution >= 0.6 is 0 Å². The van der Waals surface area contributed by atoms with Crippen molar-refractivity contribution in [2.45, 2.75) is 19.3 Å². The Morgan fingerprint density at radius 1 is 1.12 bits per heavy atom. The van der Waals surface area contributed by atoms with E-state index in [0.29, 0.717) is 29.8 Å². The molecule has 0 saturated carbocycles. The number of nitrogens with one attached hydrogen (secondary N) is 1. The lowest BCUT2D eigenvalue weighted by atomic mass is 9.93. The number of rotatable bonds is 8. The van der Waals surface area contributed by atoms with Crippen molar-refractivity contribution in [3.63, 3.8) is 0 Å². The Kier molecular flexibility index (Phi) is 7.13. The van der Waals surface area contributed by atoms with E-state index in [0.717, 1.165) is 54.6 Å². The van der Waals surface area contributed by atoms with Crippen molar-refractivity contribution < 1.29 is 18.2 Å². The van der Waals surface area contributed by atoms with E-state index >= 15 is 0 Å². The summed E-state index contributed by atoms with van der Waals surface area (Å²) in [6.07, 6.45) is 6.23. The molecule has 32 heavy (non-hydrogen) atoms. The zero-order valence-corrected chi connectivity index (χ0v) is 18.9. The lowest BCUT2D eigenvalue weighted by Crippen LogP contribution is -2.35. The fourth-order valence-corrected chi connectivity index (χ4v) is 4.37. The number of ether oxygens (including phenoxy) is 2. The second-order valence-electron chi connectivity index (χ2n) is 7.68. The molecule has 170 valence electrons. The highest BCUT2D eigenvalue weighted by Crippen LogP contribution is 2.37. The molecule has 4 rings (SSSR count). The van der Waals surface area contributed by atoms with Crippen LogP contribution in [0.5, 0.6) is 11.5 Å². The van der Waals surface area contributed by atoms with Gasteiger partial charge in [0.05, 0.1) is 19.7 Å². The molecule has 1 aliphatic rings. The Morgan fingerprint density at radius 2 is 1.81 bits per heavy atom. The van der Waals surface area contributed by atoms with Crippen LogP contribution < -0.4 is 19.1 Å². The molecule has 9 nitrogen and oxygen atoms in total. The molecule has 0 radical (unpaired) electrons. The molecule has 1 unspecified atom stereocenters. The molecule has 0 amide bonds. The Balaban J connectivity index is 1.67. The maximum Gasteiger partial charge on any atom is 0.162 e. The third-order valence-corrected chi connectivity index (χ3v) is 6.25. The predicted molar refractivity (Wildman–Crippen MR) is 122 cm³/mol. The average molecular weight is 457 g/mol. The summed E-state index contributed by atoms with van der Waals surface area (Å²) in [5, 5.41) is 0.905. The van der Waals surface area contributed by atoms with E-state index in [1.807, 2.05) is 24.3 Å². The first-order chi connectivity index (χ1) is 15.6. The maximum atomic E-state index is 10.7. The highest BCUT2D eigenvalue weighted by Gasteiger charge is 2.23. The Labute approximate surface area is 189 Å². The van der Waals surface area contributed by atoms with Crippen LogP contribution in [0, 0.1) is 5.92 Å². The van der Waals surface area contributed by atoms with Crippen molar-refractivity contribution in [2.24, 2.45) is 5.92 Å². The summed E-state index contributed by atoms with van der Waals surface area (Å²) in [6, 6.07) is 7.60. The monoisotopic (exact) mass is 456 g/mol. The maximum absolute atomic E-state index is 10.7. The zero-order chi connectivity index (χ0) is 22.5. The van der Waals surface area contributed by atoms with Crippen LogP contribution in [0.25, 0.3) is 22.3 Å². The van der Waals surface area contributed by atoms with Gasteiger partial charge in [-0.15, -0.1) is 0 Å².